The number of esters is 1. The van der Waals surface area contributed by atoms with Crippen LogP contribution in [0.4, 0.5) is 10.7 Å². The fourth-order valence-corrected chi connectivity index (χ4v) is 3.57. The second-order valence-corrected chi connectivity index (χ2v) is 8.97. The Morgan fingerprint density at radius 2 is 1.80 bits per heavy atom. The van der Waals surface area contributed by atoms with Crippen LogP contribution in [-0.2, 0) is 14.3 Å². The molecule has 0 radical (unpaired) electrons. The van der Waals surface area contributed by atoms with E-state index in [0.717, 1.165) is 4.88 Å². The van der Waals surface area contributed by atoms with Gasteiger partial charge < -0.3 is 10.1 Å². The molecule has 2 rings (SSSR count). The molecule has 0 spiro atoms. The van der Waals surface area contributed by atoms with Gasteiger partial charge in [0.2, 0.25) is 5.91 Å². The summed E-state index contributed by atoms with van der Waals surface area (Å²) in [5.41, 5.74) is 0.852. The first-order chi connectivity index (χ1) is 14.1. The molecule has 2 aromatic rings. The molecule has 30 heavy (non-hydrogen) atoms. The van der Waals surface area contributed by atoms with E-state index in [1.807, 2.05) is 13.0 Å². The van der Waals surface area contributed by atoms with Gasteiger partial charge >= 0.3 is 5.97 Å². The molecule has 0 bridgehead atoms. The molecule has 2 amide bonds. The first kappa shape index (κ1) is 23.1. The number of benzene rings is 1. The van der Waals surface area contributed by atoms with Gasteiger partial charge in [-0.1, -0.05) is 39.0 Å². The van der Waals surface area contributed by atoms with Crippen LogP contribution < -0.4 is 10.2 Å². The summed E-state index contributed by atoms with van der Waals surface area (Å²) in [4.78, 5) is 39.8. The maximum Gasteiger partial charge on any atom is 0.341 e. The van der Waals surface area contributed by atoms with Gasteiger partial charge in [0.1, 0.15) is 11.5 Å². The Hall–Kier alpha value is -3.18. The van der Waals surface area contributed by atoms with Crippen LogP contribution in [0.5, 0.6) is 0 Å². The summed E-state index contributed by atoms with van der Waals surface area (Å²) in [7, 11) is 0. The van der Waals surface area contributed by atoms with Crippen LogP contribution in [-0.4, -0.2) is 30.9 Å². The number of carbonyl (C=O) groups is 3. The van der Waals surface area contributed by atoms with Gasteiger partial charge in [0.15, 0.2) is 6.61 Å². The Labute approximate surface area is 180 Å². The van der Waals surface area contributed by atoms with E-state index in [0.29, 0.717) is 16.3 Å². The summed E-state index contributed by atoms with van der Waals surface area (Å²) in [6.07, 6.45) is 0. The van der Waals surface area contributed by atoms with Gasteiger partial charge in [-0.15, -0.1) is 11.3 Å². The predicted octanol–water partition coefficient (Wildman–Crippen LogP) is 4.06. The van der Waals surface area contributed by atoms with Crippen molar-refractivity contribution in [3.63, 3.8) is 0 Å². The van der Waals surface area contributed by atoms with Crippen molar-refractivity contribution in [3.8, 4) is 6.07 Å². The van der Waals surface area contributed by atoms with Crippen molar-refractivity contribution >= 4 is 39.8 Å². The zero-order chi connectivity index (χ0) is 22.5. The first-order valence-electron chi connectivity index (χ1n) is 9.37. The molecule has 1 aromatic carbocycles. The van der Waals surface area contributed by atoms with Crippen molar-refractivity contribution in [3.05, 3.63) is 46.3 Å². The van der Waals surface area contributed by atoms with E-state index in [2.05, 4.69) is 5.32 Å². The fraction of sp³-hybridized carbons (Fsp3) is 0.364. The molecule has 1 aromatic heterocycles. The monoisotopic (exact) mass is 427 g/mol. The number of carbonyl (C=O) groups excluding carboxylic acids is 3. The van der Waals surface area contributed by atoms with Gasteiger partial charge in [0.25, 0.3) is 5.91 Å². The van der Waals surface area contributed by atoms with E-state index >= 15 is 0 Å². The van der Waals surface area contributed by atoms with E-state index in [1.165, 1.54) is 16.2 Å². The quantitative estimate of drug-likeness (QED) is 0.553. The van der Waals surface area contributed by atoms with Crippen molar-refractivity contribution < 1.29 is 19.1 Å². The number of nitriles is 1. The van der Waals surface area contributed by atoms with E-state index in [1.54, 1.807) is 58.0 Å². The molecule has 0 atom stereocenters. The number of para-hydroxylation sites is 1. The lowest BCUT2D eigenvalue weighted by Crippen LogP contribution is -2.35. The molecule has 0 fully saturated rings. The van der Waals surface area contributed by atoms with Gasteiger partial charge in [0, 0.05) is 16.0 Å². The fourth-order valence-electron chi connectivity index (χ4n) is 2.53. The number of anilines is 2. The van der Waals surface area contributed by atoms with Gasteiger partial charge in [-0.25, -0.2) is 4.79 Å². The molecular weight excluding hydrogens is 402 g/mol. The molecule has 0 saturated carbocycles. The highest BCUT2D eigenvalue weighted by atomic mass is 32.1. The molecule has 0 saturated heterocycles. The largest absolute Gasteiger partial charge is 0.452 e. The lowest BCUT2D eigenvalue weighted by molar-refractivity contribution is -0.123. The molecule has 8 heteroatoms. The SMILES string of the molecule is Cc1sc(NC(=O)C(C)(C)C)c(C(=O)OCC(=O)N(CC#N)c2ccccc2)c1C. The van der Waals surface area contributed by atoms with E-state index < -0.39 is 23.9 Å². The van der Waals surface area contributed by atoms with Crippen molar-refractivity contribution in [2.45, 2.75) is 34.6 Å². The summed E-state index contributed by atoms with van der Waals surface area (Å²) >= 11 is 1.29. The standard InChI is InChI=1S/C22H25N3O4S/c1-14-15(2)30-19(24-21(28)22(3,4)5)18(14)20(27)29-13-17(26)25(12-11-23)16-9-7-6-8-10-16/h6-10H,12-13H2,1-5H3,(H,24,28). The summed E-state index contributed by atoms with van der Waals surface area (Å²) in [5.74, 6) is -1.43. The molecule has 0 aliphatic carbocycles. The third-order valence-corrected chi connectivity index (χ3v) is 5.54. The highest BCUT2D eigenvalue weighted by Crippen LogP contribution is 2.34. The molecule has 1 heterocycles. The number of rotatable bonds is 6. The van der Waals surface area contributed by atoms with Crippen molar-refractivity contribution in [1.82, 2.24) is 0 Å². The molecule has 0 aliphatic heterocycles. The van der Waals surface area contributed by atoms with Crippen LogP contribution >= 0.6 is 11.3 Å². The predicted molar refractivity (Wildman–Crippen MR) is 117 cm³/mol. The molecule has 0 unspecified atom stereocenters. The highest BCUT2D eigenvalue weighted by molar-refractivity contribution is 7.16. The van der Waals surface area contributed by atoms with Crippen LogP contribution in [0.25, 0.3) is 0 Å². The van der Waals surface area contributed by atoms with Crippen LogP contribution in [0.2, 0.25) is 0 Å². The summed E-state index contributed by atoms with van der Waals surface area (Å²) in [6, 6.07) is 10.6. The van der Waals surface area contributed by atoms with E-state index in [9.17, 15) is 14.4 Å². The number of nitrogens with one attached hydrogen (secondary N) is 1. The number of nitrogens with zero attached hydrogens (tertiary/aromatic N) is 2. The Balaban J connectivity index is 2.17. The van der Waals surface area contributed by atoms with E-state index in [-0.39, 0.29) is 18.0 Å². The van der Waals surface area contributed by atoms with Gasteiger partial charge in [0.05, 0.1) is 11.6 Å². The Morgan fingerprint density at radius 1 is 1.17 bits per heavy atom. The average molecular weight is 428 g/mol. The summed E-state index contributed by atoms with van der Waals surface area (Å²) < 4.78 is 5.26. The number of ether oxygens (including phenoxy) is 1. The van der Waals surface area contributed by atoms with Crippen LogP contribution in [0, 0.1) is 30.6 Å². The molecule has 0 aliphatic rings. The lowest BCUT2D eigenvalue weighted by Gasteiger charge is -2.20. The van der Waals surface area contributed by atoms with E-state index in [4.69, 9.17) is 10.00 Å². The second kappa shape index (κ2) is 9.55. The number of amides is 2. The molecule has 158 valence electrons. The zero-order valence-corrected chi connectivity index (χ0v) is 18.6. The Morgan fingerprint density at radius 3 is 2.37 bits per heavy atom. The number of hydrogen-bond donors (Lipinski definition) is 1. The molecule has 1 N–H and O–H groups in total. The van der Waals surface area contributed by atoms with Gasteiger partial charge in [-0.2, -0.15) is 5.26 Å². The minimum Gasteiger partial charge on any atom is -0.452 e. The maximum absolute atomic E-state index is 12.7. The first-order valence-corrected chi connectivity index (χ1v) is 10.2. The van der Waals surface area contributed by atoms with Crippen LogP contribution in [0.1, 0.15) is 41.6 Å². The van der Waals surface area contributed by atoms with Crippen LogP contribution in [0.3, 0.4) is 0 Å². The highest BCUT2D eigenvalue weighted by Gasteiger charge is 2.27. The van der Waals surface area contributed by atoms with Crippen molar-refractivity contribution in [2.24, 2.45) is 5.41 Å². The second-order valence-electron chi connectivity index (χ2n) is 7.74. The smallest absolute Gasteiger partial charge is 0.341 e. The Kier molecular flexibility index (Phi) is 7.35. The third-order valence-electron chi connectivity index (χ3n) is 4.42. The minimum absolute atomic E-state index is 0.163. The lowest BCUT2D eigenvalue weighted by atomic mass is 9.96. The Bertz CT molecular complexity index is 984. The summed E-state index contributed by atoms with van der Waals surface area (Å²) in [5, 5.41) is 12.2. The number of hydrogen-bond acceptors (Lipinski definition) is 6. The number of aryl methyl sites for hydroxylation is 1. The molecular formula is C22H25N3O4S. The minimum atomic E-state index is -0.695. The summed E-state index contributed by atoms with van der Waals surface area (Å²) in [6.45, 7) is 8.26. The van der Waals surface area contributed by atoms with Crippen molar-refractivity contribution in [1.29, 1.82) is 5.26 Å². The molecule has 7 nitrogen and oxygen atoms in total. The topological polar surface area (TPSA) is 99.5 Å². The normalized spacial score (nSPS) is 10.8. The maximum atomic E-state index is 12.7. The van der Waals surface area contributed by atoms with Crippen LogP contribution in [0.15, 0.2) is 30.3 Å². The van der Waals surface area contributed by atoms with Crippen molar-refractivity contribution in [2.75, 3.05) is 23.4 Å². The van der Waals surface area contributed by atoms with Gasteiger partial charge in [-0.05, 0) is 31.5 Å². The average Bonchev–Trinajstić information content (AvgIpc) is 2.97. The van der Waals surface area contributed by atoms with Gasteiger partial charge in [-0.3, -0.25) is 14.5 Å². The zero-order valence-electron chi connectivity index (χ0n) is 17.7. The third kappa shape index (κ3) is 5.45. The number of thiophene rings is 1.